The van der Waals surface area contributed by atoms with E-state index in [-0.39, 0.29) is 11.8 Å². The van der Waals surface area contributed by atoms with Gasteiger partial charge in [-0.2, -0.15) is 0 Å². The summed E-state index contributed by atoms with van der Waals surface area (Å²) >= 11 is 5.08. The Kier molecular flexibility index (Phi) is 4.08. The Morgan fingerprint density at radius 3 is 2.16 bits per heavy atom. The first kappa shape index (κ1) is 14.2. The SMILES string of the molecule is NC(=O)CC1CCN(C(=O)C2(C(N)=S)CCC2)CC1. The molecule has 2 aliphatic rings. The lowest BCUT2D eigenvalue weighted by atomic mass is 9.67. The zero-order chi connectivity index (χ0) is 14.0. The molecule has 0 aromatic rings. The van der Waals surface area contributed by atoms with Crippen LogP contribution in [0.2, 0.25) is 0 Å². The topological polar surface area (TPSA) is 89.4 Å². The molecule has 4 N–H and O–H groups in total. The highest BCUT2D eigenvalue weighted by molar-refractivity contribution is 7.80. The van der Waals surface area contributed by atoms with Gasteiger partial charge in [0.1, 0.15) is 0 Å². The molecule has 2 fully saturated rings. The van der Waals surface area contributed by atoms with Crippen LogP contribution in [0.1, 0.15) is 38.5 Å². The predicted octanol–water partition coefficient (Wildman–Crippen LogP) is 0.557. The van der Waals surface area contributed by atoms with E-state index in [1.807, 2.05) is 4.90 Å². The molecule has 0 radical (unpaired) electrons. The molecule has 0 bridgehead atoms. The van der Waals surface area contributed by atoms with E-state index in [9.17, 15) is 9.59 Å². The molecule has 5 nitrogen and oxygen atoms in total. The molecule has 19 heavy (non-hydrogen) atoms. The molecule has 0 unspecified atom stereocenters. The van der Waals surface area contributed by atoms with Crippen LogP contribution in [0.5, 0.6) is 0 Å². The number of nitrogens with zero attached hydrogens (tertiary/aromatic N) is 1. The van der Waals surface area contributed by atoms with E-state index in [0.29, 0.717) is 30.4 Å². The first-order valence-electron chi connectivity index (χ1n) is 6.83. The summed E-state index contributed by atoms with van der Waals surface area (Å²) in [6.45, 7) is 1.36. The van der Waals surface area contributed by atoms with Crippen LogP contribution in [0, 0.1) is 11.3 Å². The van der Waals surface area contributed by atoms with Gasteiger partial charge in [-0.25, -0.2) is 0 Å². The van der Waals surface area contributed by atoms with Crippen LogP contribution < -0.4 is 11.5 Å². The quantitative estimate of drug-likeness (QED) is 0.738. The first-order valence-corrected chi connectivity index (χ1v) is 7.24. The molecule has 0 aromatic carbocycles. The highest BCUT2D eigenvalue weighted by atomic mass is 32.1. The molecule has 0 atom stereocenters. The van der Waals surface area contributed by atoms with Crippen molar-refractivity contribution in [2.45, 2.75) is 38.5 Å². The average molecular weight is 283 g/mol. The fraction of sp³-hybridized carbons (Fsp3) is 0.769. The van der Waals surface area contributed by atoms with Gasteiger partial charge in [0.15, 0.2) is 0 Å². The van der Waals surface area contributed by atoms with Crippen molar-refractivity contribution in [2.24, 2.45) is 22.8 Å². The monoisotopic (exact) mass is 283 g/mol. The van der Waals surface area contributed by atoms with E-state index in [2.05, 4.69) is 0 Å². The lowest BCUT2D eigenvalue weighted by Crippen LogP contribution is -2.55. The Bertz CT molecular complexity index is 399. The minimum atomic E-state index is -0.578. The van der Waals surface area contributed by atoms with Crippen molar-refractivity contribution < 1.29 is 9.59 Å². The third-order valence-electron chi connectivity index (χ3n) is 4.48. The van der Waals surface area contributed by atoms with Crippen molar-refractivity contribution in [3.05, 3.63) is 0 Å². The molecule has 2 amide bonds. The fourth-order valence-corrected chi connectivity index (χ4v) is 3.31. The van der Waals surface area contributed by atoms with Crippen LogP contribution in [0.4, 0.5) is 0 Å². The van der Waals surface area contributed by atoms with Crippen molar-refractivity contribution >= 4 is 29.0 Å². The van der Waals surface area contributed by atoms with E-state index in [0.717, 1.165) is 32.1 Å². The van der Waals surface area contributed by atoms with Crippen molar-refractivity contribution in [1.29, 1.82) is 0 Å². The van der Waals surface area contributed by atoms with E-state index < -0.39 is 5.41 Å². The summed E-state index contributed by atoms with van der Waals surface area (Å²) in [6.07, 6.45) is 4.67. The van der Waals surface area contributed by atoms with E-state index in [4.69, 9.17) is 23.7 Å². The van der Waals surface area contributed by atoms with E-state index >= 15 is 0 Å². The summed E-state index contributed by atoms with van der Waals surface area (Å²) in [6, 6.07) is 0. The maximum Gasteiger partial charge on any atom is 0.235 e. The van der Waals surface area contributed by atoms with Crippen LogP contribution >= 0.6 is 12.2 Å². The molecular formula is C13H21N3O2S. The normalized spacial score (nSPS) is 22.6. The number of carbonyl (C=O) groups excluding carboxylic acids is 2. The standard InChI is InChI=1S/C13H21N3O2S/c14-10(17)8-9-2-6-16(7-3-9)12(18)13(11(15)19)4-1-5-13/h9H,1-8H2,(H2,14,17)(H2,15,19). The molecular weight excluding hydrogens is 262 g/mol. The van der Waals surface area contributed by atoms with Crippen LogP contribution in [0.3, 0.4) is 0 Å². The second kappa shape index (κ2) is 5.45. The van der Waals surface area contributed by atoms with Gasteiger partial charge in [-0.15, -0.1) is 0 Å². The smallest absolute Gasteiger partial charge is 0.235 e. The van der Waals surface area contributed by atoms with Crippen LogP contribution in [0.15, 0.2) is 0 Å². The van der Waals surface area contributed by atoms with Gasteiger partial charge in [-0.05, 0) is 31.6 Å². The first-order chi connectivity index (χ1) is 8.95. The highest BCUT2D eigenvalue weighted by Crippen LogP contribution is 2.43. The second-order valence-electron chi connectivity index (χ2n) is 5.71. The molecule has 1 saturated heterocycles. The average Bonchev–Trinajstić information content (AvgIpc) is 2.26. The Hall–Kier alpha value is -1.17. The maximum absolute atomic E-state index is 12.5. The third kappa shape index (κ3) is 2.73. The summed E-state index contributed by atoms with van der Waals surface area (Å²) in [5, 5.41) is 0. The Labute approximate surface area is 118 Å². The Balaban J connectivity index is 1.92. The number of piperidine rings is 1. The summed E-state index contributed by atoms with van der Waals surface area (Å²) in [5.74, 6) is 0.135. The van der Waals surface area contributed by atoms with E-state index in [1.165, 1.54) is 0 Å². The number of amides is 2. The van der Waals surface area contributed by atoms with E-state index in [1.54, 1.807) is 0 Å². The van der Waals surface area contributed by atoms with Gasteiger partial charge in [-0.1, -0.05) is 18.6 Å². The number of hydrogen-bond donors (Lipinski definition) is 2. The highest BCUT2D eigenvalue weighted by Gasteiger charge is 2.49. The third-order valence-corrected chi connectivity index (χ3v) is 4.87. The minimum Gasteiger partial charge on any atom is -0.392 e. The lowest BCUT2D eigenvalue weighted by Gasteiger charge is -2.44. The molecule has 1 heterocycles. The zero-order valence-electron chi connectivity index (χ0n) is 11.1. The second-order valence-corrected chi connectivity index (χ2v) is 6.15. The number of rotatable bonds is 4. The van der Waals surface area contributed by atoms with Gasteiger partial charge < -0.3 is 16.4 Å². The largest absolute Gasteiger partial charge is 0.392 e. The summed E-state index contributed by atoms with van der Waals surface area (Å²) in [5.41, 5.74) is 10.4. The zero-order valence-corrected chi connectivity index (χ0v) is 11.9. The van der Waals surface area contributed by atoms with Crippen molar-refractivity contribution in [2.75, 3.05) is 13.1 Å². The minimum absolute atomic E-state index is 0.0868. The number of hydrogen-bond acceptors (Lipinski definition) is 3. The predicted molar refractivity (Wildman–Crippen MR) is 76.2 cm³/mol. The number of primary amides is 1. The molecule has 1 aliphatic heterocycles. The fourth-order valence-electron chi connectivity index (χ4n) is 3.02. The molecule has 0 aromatic heterocycles. The van der Waals surface area contributed by atoms with Gasteiger partial charge in [0.05, 0.1) is 10.4 Å². The molecule has 106 valence electrons. The van der Waals surface area contributed by atoms with Gasteiger partial charge >= 0.3 is 0 Å². The van der Waals surface area contributed by atoms with Crippen LogP contribution in [-0.4, -0.2) is 34.8 Å². The van der Waals surface area contributed by atoms with Crippen molar-refractivity contribution in [1.82, 2.24) is 4.90 Å². The van der Waals surface area contributed by atoms with Gasteiger partial charge in [-0.3, -0.25) is 9.59 Å². The molecule has 0 spiro atoms. The Morgan fingerprint density at radius 2 is 1.79 bits per heavy atom. The summed E-state index contributed by atoms with van der Waals surface area (Å²) in [4.78, 5) is 25.6. The van der Waals surface area contributed by atoms with Gasteiger partial charge in [0.2, 0.25) is 11.8 Å². The number of carbonyl (C=O) groups is 2. The van der Waals surface area contributed by atoms with Crippen molar-refractivity contribution in [3.8, 4) is 0 Å². The number of thiocarbonyl (C=S) groups is 1. The Morgan fingerprint density at radius 1 is 1.21 bits per heavy atom. The van der Waals surface area contributed by atoms with Crippen molar-refractivity contribution in [3.63, 3.8) is 0 Å². The molecule has 2 rings (SSSR count). The summed E-state index contributed by atoms with van der Waals surface area (Å²) < 4.78 is 0. The van der Waals surface area contributed by atoms with Crippen LogP contribution in [-0.2, 0) is 9.59 Å². The molecule has 1 aliphatic carbocycles. The van der Waals surface area contributed by atoms with Crippen LogP contribution in [0.25, 0.3) is 0 Å². The number of nitrogens with two attached hydrogens (primary N) is 2. The number of likely N-dealkylation sites (tertiary alicyclic amines) is 1. The van der Waals surface area contributed by atoms with Gasteiger partial charge in [0, 0.05) is 19.5 Å². The molecule has 6 heteroatoms. The summed E-state index contributed by atoms with van der Waals surface area (Å²) in [7, 11) is 0. The lowest BCUT2D eigenvalue weighted by molar-refractivity contribution is -0.143. The molecule has 1 saturated carbocycles. The maximum atomic E-state index is 12.5. The van der Waals surface area contributed by atoms with Gasteiger partial charge in [0.25, 0.3) is 0 Å².